The van der Waals surface area contributed by atoms with E-state index in [1.54, 1.807) is 6.92 Å². The summed E-state index contributed by atoms with van der Waals surface area (Å²) in [7, 11) is -4.00. The molecule has 0 radical (unpaired) electrons. The molecule has 1 amide bonds. The molecule has 10 heteroatoms. The van der Waals surface area contributed by atoms with E-state index in [9.17, 15) is 22.4 Å². The molecule has 150 valence electrons. The second-order valence-corrected chi connectivity index (χ2v) is 8.47. The molecule has 0 atom stereocenters. The number of nitrogens with one attached hydrogen (secondary N) is 1. The Morgan fingerprint density at radius 1 is 1.14 bits per heavy atom. The number of aryl methyl sites for hydroxylation is 1. The Labute approximate surface area is 170 Å². The van der Waals surface area contributed by atoms with Gasteiger partial charge in [0.1, 0.15) is 12.4 Å². The summed E-state index contributed by atoms with van der Waals surface area (Å²) >= 11 is 5.77. The molecule has 0 saturated carbocycles. The summed E-state index contributed by atoms with van der Waals surface area (Å²) in [5.41, 5.74) is 0.0338. The van der Waals surface area contributed by atoms with Crippen molar-refractivity contribution in [1.82, 2.24) is 9.78 Å². The smallest absolute Gasteiger partial charge is 0.267 e. The van der Waals surface area contributed by atoms with Crippen LogP contribution in [0, 0.1) is 12.7 Å². The molecule has 0 fully saturated rings. The van der Waals surface area contributed by atoms with Gasteiger partial charge in [-0.2, -0.15) is 5.10 Å². The van der Waals surface area contributed by atoms with E-state index in [1.807, 2.05) is 0 Å². The first-order chi connectivity index (χ1) is 13.7. The van der Waals surface area contributed by atoms with Crippen molar-refractivity contribution >= 4 is 33.0 Å². The third-order valence-corrected chi connectivity index (χ3v) is 5.89. The number of anilines is 1. The first-order valence-corrected chi connectivity index (χ1v) is 10.2. The fourth-order valence-corrected chi connectivity index (χ4v) is 3.80. The van der Waals surface area contributed by atoms with E-state index in [4.69, 9.17) is 11.6 Å². The van der Waals surface area contributed by atoms with E-state index in [0.29, 0.717) is 16.3 Å². The van der Waals surface area contributed by atoms with Crippen molar-refractivity contribution in [2.24, 2.45) is 0 Å². The van der Waals surface area contributed by atoms with E-state index < -0.39 is 33.7 Å². The zero-order valence-corrected chi connectivity index (χ0v) is 16.7. The third kappa shape index (κ3) is 4.69. The zero-order chi connectivity index (χ0) is 21.2. The van der Waals surface area contributed by atoms with E-state index in [0.717, 1.165) is 16.8 Å². The molecular formula is C19H15ClFN3O4S. The van der Waals surface area contributed by atoms with Crippen LogP contribution in [-0.4, -0.2) is 24.1 Å². The summed E-state index contributed by atoms with van der Waals surface area (Å²) in [6.07, 6.45) is 0. The molecule has 1 N–H and O–H groups in total. The van der Waals surface area contributed by atoms with Gasteiger partial charge in [-0.1, -0.05) is 11.6 Å². The summed E-state index contributed by atoms with van der Waals surface area (Å²) in [4.78, 5) is 24.2. The van der Waals surface area contributed by atoms with Crippen molar-refractivity contribution < 1.29 is 17.6 Å². The van der Waals surface area contributed by atoms with Gasteiger partial charge in [-0.25, -0.2) is 17.5 Å². The van der Waals surface area contributed by atoms with E-state index in [1.165, 1.54) is 42.5 Å². The van der Waals surface area contributed by atoms with Crippen LogP contribution in [0.2, 0.25) is 5.02 Å². The molecule has 7 nitrogen and oxygen atoms in total. The number of halogens is 2. The van der Waals surface area contributed by atoms with Crippen molar-refractivity contribution in [2.45, 2.75) is 23.4 Å². The van der Waals surface area contributed by atoms with E-state index in [-0.39, 0.29) is 9.92 Å². The van der Waals surface area contributed by atoms with Crippen LogP contribution < -0.4 is 10.9 Å². The maximum absolute atomic E-state index is 13.3. The second kappa shape index (κ2) is 8.14. The van der Waals surface area contributed by atoms with Crippen LogP contribution in [0.4, 0.5) is 10.1 Å². The molecule has 3 aromatic rings. The van der Waals surface area contributed by atoms with Gasteiger partial charge < -0.3 is 5.32 Å². The quantitative estimate of drug-likeness (QED) is 0.664. The first kappa shape index (κ1) is 20.7. The van der Waals surface area contributed by atoms with Gasteiger partial charge in [0.15, 0.2) is 5.03 Å². The van der Waals surface area contributed by atoms with Crippen LogP contribution in [-0.2, 0) is 21.2 Å². The minimum atomic E-state index is -4.00. The number of benzene rings is 2. The van der Waals surface area contributed by atoms with Crippen molar-refractivity contribution in [3.63, 3.8) is 0 Å². The lowest BCUT2D eigenvalue weighted by molar-refractivity contribution is -0.117. The Kier molecular flexibility index (Phi) is 5.81. The van der Waals surface area contributed by atoms with Crippen LogP contribution in [0.1, 0.15) is 5.56 Å². The van der Waals surface area contributed by atoms with Crippen LogP contribution in [0.25, 0.3) is 0 Å². The predicted octanol–water partition coefficient (Wildman–Crippen LogP) is 2.82. The molecule has 2 aromatic carbocycles. The molecule has 0 unspecified atom stereocenters. The Morgan fingerprint density at radius 3 is 2.48 bits per heavy atom. The van der Waals surface area contributed by atoms with Gasteiger partial charge in [0.25, 0.3) is 5.56 Å². The van der Waals surface area contributed by atoms with Gasteiger partial charge in [0.05, 0.1) is 4.90 Å². The third-order valence-electron chi connectivity index (χ3n) is 3.98. The number of nitrogens with zero attached hydrogens (tertiary/aromatic N) is 2. The lowest BCUT2D eigenvalue weighted by atomic mass is 10.2. The van der Waals surface area contributed by atoms with Gasteiger partial charge in [-0.15, -0.1) is 0 Å². The monoisotopic (exact) mass is 435 g/mol. The fraction of sp³-hybridized carbons (Fsp3) is 0.105. The molecule has 29 heavy (non-hydrogen) atoms. The second-order valence-electron chi connectivity index (χ2n) is 6.14. The highest BCUT2D eigenvalue weighted by Crippen LogP contribution is 2.20. The maximum Gasteiger partial charge on any atom is 0.267 e. The molecular weight excluding hydrogens is 421 g/mol. The summed E-state index contributed by atoms with van der Waals surface area (Å²) in [5, 5.41) is 6.32. The van der Waals surface area contributed by atoms with E-state index in [2.05, 4.69) is 10.4 Å². The topological polar surface area (TPSA) is 98.1 Å². The van der Waals surface area contributed by atoms with Crippen molar-refractivity contribution in [3.8, 4) is 0 Å². The Morgan fingerprint density at radius 2 is 1.83 bits per heavy atom. The minimum Gasteiger partial charge on any atom is -0.324 e. The van der Waals surface area contributed by atoms with Crippen LogP contribution in [0.3, 0.4) is 0 Å². The molecule has 1 aromatic heterocycles. The highest BCUT2D eigenvalue weighted by Gasteiger charge is 2.21. The summed E-state index contributed by atoms with van der Waals surface area (Å²) in [6, 6.07) is 11.6. The molecule has 3 rings (SSSR count). The molecule has 0 saturated heterocycles. The number of carbonyl (C=O) groups is 1. The number of rotatable bonds is 5. The van der Waals surface area contributed by atoms with Gasteiger partial charge in [-0.3, -0.25) is 9.59 Å². The van der Waals surface area contributed by atoms with Gasteiger partial charge in [0.2, 0.25) is 15.7 Å². The average molecular weight is 436 g/mol. The first-order valence-electron chi connectivity index (χ1n) is 8.31. The number of amides is 1. The summed E-state index contributed by atoms with van der Waals surface area (Å²) in [5.74, 6) is -1.03. The number of sulfone groups is 1. The standard InChI is InChI=1S/C19H15ClFN3O4S/c1-12-10-14(4-7-16(12)21)22-17(25)11-24-19(26)9-8-18(23-24)29(27,28)15-5-2-13(20)3-6-15/h2-10H,11H2,1H3,(H,22,25). The number of aromatic nitrogens is 2. The van der Waals surface area contributed by atoms with Gasteiger partial charge in [0, 0.05) is 16.8 Å². The molecule has 0 aliphatic heterocycles. The van der Waals surface area contributed by atoms with Crippen LogP contribution in [0.15, 0.2) is 69.3 Å². The molecule has 0 aliphatic carbocycles. The maximum atomic E-state index is 13.3. The van der Waals surface area contributed by atoms with Crippen molar-refractivity contribution in [2.75, 3.05) is 5.32 Å². The Hall–Kier alpha value is -3.04. The van der Waals surface area contributed by atoms with E-state index >= 15 is 0 Å². The normalized spacial score (nSPS) is 11.3. The SMILES string of the molecule is Cc1cc(NC(=O)Cn2nc(S(=O)(=O)c3ccc(Cl)cc3)ccc2=O)ccc1F. The number of hydrogen-bond donors (Lipinski definition) is 1. The van der Waals surface area contributed by atoms with Gasteiger partial charge >= 0.3 is 0 Å². The number of carbonyl (C=O) groups excluding carboxylic acids is 1. The fourth-order valence-electron chi connectivity index (χ4n) is 2.48. The average Bonchev–Trinajstić information content (AvgIpc) is 2.66. The zero-order valence-electron chi connectivity index (χ0n) is 15.1. The summed E-state index contributed by atoms with van der Waals surface area (Å²) in [6.45, 7) is 1.03. The lowest BCUT2D eigenvalue weighted by Gasteiger charge is -2.09. The van der Waals surface area contributed by atoms with Crippen LogP contribution in [0.5, 0.6) is 0 Å². The molecule has 1 heterocycles. The van der Waals surface area contributed by atoms with Crippen molar-refractivity contribution in [1.29, 1.82) is 0 Å². The highest BCUT2D eigenvalue weighted by atomic mass is 35.5. The highest BCUT2D eigenvalue weighted by molar-refractivity contribution is 7.91. The number of hydrogen-bond acceptors (Lipinski definition) is 5. The Balaban J connectivity index is 1.85. The van der Waals surface area contributed by atoms with Crippen LogP contribution >= 0.6 is 11.6 Å². The lowest BCUT2D eigenvalue weighted by Crippen LogP contribution is -2.30. The largest absolute Gasteiger partial charge is 0.324 e. The summed E-state index contributed by atoms with van der Waals surface area (Å²) < 4.78 is 39.5. The van der Waals surface area contributed by atoms with Gasteiger partial charge in [-0.05, 0) is 61.0 Å². The molecule has 0 aliphatic rings. The molecule has 0 bridgehead atoms. The predicted molar refractivity (Wildman–Crippen MR) is 105 cm³/mol. The Bertz CT molecular complexity index is 1240. The minimum absolute atomic E-state index is 0.0502. The molecule has 0 spiro atoms. The van der Waals surface area contributed by atoms with Crippen molar-refractivity contribution in [3.05, 3.63) is 81.4 Å².